The number of aromatic carboxylic acids is 1. The Morgan fingerprint density at radius 3 is 2.45 bits per heavy atom. The number of carbonyl (C=O) groups is 2. The predicted octanol–water partition coefficient (Wildman–Crippen LogP) is 6.99. The van der Waals surface area contributed by atoms with Gasteiger partial charge in [0, 0.05) is 31.4 Å². The van der Waals surface area contributed by atoms with Gasteiger partial charge in [0.15, 0.2) is 0 Å². The molecule has 0 atom stereocenters. The largest absolute Gasteiger partial charge is 0.478 e. The summed E-state index contributed by atoms with van der Waals surface area (Å²) in [5.41, 5.74) is 6.39. The molecule has 38 heavy (non-hydrogen) atoms. The van der Waals surface area contributed by atoms with E-state index in [1.54, 1.807) is 24.1 Å². The van der Waals surface area contributed by atoms with Crippen molar-refractivity contribution in [3.05, 3.63) is 77.6 Å². The maximum absolute atomic E-state index is 12.7. The lowest BCUT2D eigenvalue weighted by Crippen LogP contribution is -2.37. The molecule has 0 aliphatic heterocycles. The molecule has 0 aliphatic rings. The zero-order valence-electron chi connectivity index (χ0n) is 22.6. The number of carboxylic acid groups (broad SMARTS) is 1. The Balaban J connectivity index is 1.78. The zero-order valence-corrected chi connectivity index (χ0v) is 22.6. The van der Waals surface area contributed by atoms with Crippen LogP contribution >= 0.6 is 0 Å². The number of benzene rings is 3. The van der Waals surface area contributed by atoms with E-state index in [9.17, 15) is 14.7 Å². The van der Waals surface area contributed by atoms with Crippen molar-refractivity contribution < 1.29 is 14.7 Å². The number of fused-ring (bicyclic) bond motifs is 1. The smallest absolute Gasteiger partial charge is 0.336 e. The first-order valence-electron chi connectivity index (χ1n) is 13.3. The van der Waals surface area contributed by atoms with Gasteiger partial charge in [-0.2, -0.15) is 0 Å². The van der Waals surface area contributed by atoms with Crippen molar-refractivity contribution in [3.8, 4) is 16.8 Å². The molecule has 0 spiro atoms. The maximum atomic E-state index is 12.7. The number of hydrogen-bond acceptors (Lipinski definition) is 3. The van der Waals surface area contributed by atoms with Crippen LogP contribution in [0.5, 0.6) is 0 Å². The van der Waals surface area contributed by atoms with Crippen LogP contribution in [-0.4, -0.2) is 40.3 Å². The number of carboxylic acids is 1. The maximum Gasteiger partial charge on any atom is 0.336 e. The van der Waals surface area contributed by atoms with Crippen molar-refractivity contribution >= 4 is 28.7 Å². The van der Waals surface area contributed by atoms with Crippen LogP contribution in [0.25, 0.3) is 27.8 Å². The molecule has 0 aliphatic carbocycles. The van der Waals surface area contributed by atoms with Gasteiger partial charge >= 0.3 is 12.0 Å². The summed E-state index contributed by atoms with van der Waals surface area (Å²) in [6.07, 6.45) is 4.86. The molecule has 2 N–H and O–H groups in total. The van der Waals surface area contributed by atoms with Crippen LogP contribution in [0.4, 0.5) is 10.5 Å². The molecule has 0 unspecified atom stereocenters. The van der Waals surface area contributed by atoms with Crippen molar-refractivity contribution in [1.82, 2.24) is 14.9 Å². The minimum Gasteiger partial charge on any atom is -0.478 e. The average Bonchev–Trinajstić information content (AvgIpc) is 3.29. The number of hydrogen-bond donors (Lipinski definition) is 2. The molecule has 1 heterocycles. The standard InChI is InChI=1S/C31H36N4O3/c1-5-7-13-29-33-27-17-15-22(34(4)31(38)32-18-8-6-2)20-28(27)35(29)23-14-16-24(21(3)19-23)25-11-9-10-12-26(25)30(36)37/h9-12,14-17,19-20H,5-8,13,18H2,1-4H3,(H,32,38)(H,36,37). The van der Waals surface area contributed by atoms with E-state index in [-0.39, 0.29) is 11.6 Å². The van der Waals surface area contributed by atoms with Gasteiger partial charge < -0.3 is 10.4 Å². The fourth-order valence-corrected chi connectivity index (χ4v) is 4.71. The zero-order chi connectivity index (χ0) is 27.2. The Labute approximate surface area is 224 Å². The molecule has 0 radical (unpaired) electrons. The SMILES string of the molecule is CCCCNC(=O)N(C)c1ccc2nc(CCCC)n(-c3ccc(-c4ccccc4C(=O)O)c(C)c3)c2c1. The molecule has 1 aromatic heterocycles. The highest BCUT2D eigenvalue weighted by Crippen LogP contribution is 2.32. The summed E-state index contributed by atoms with van der Waals surface area (Å²) < 4.78 is 2.16. The number of amides is 2. The third-order valence-corrected chi connectivity index (χ3v) is 6.88. The van der Waals surface area contributed by atoms with Crippen LogP contribution in [0.2, 0.25) is 0 Å². The van der Waals surface area contributed by atoms with Gasteiger partial charge in [-0.25, -0.2) is 14.6 Å². The molecular weight excluding hydrogens is 476 g/mol. The summed E-state index contributed by atoms with van der Waals surface area (Å²) in [6.45, 7) is 6.91. The van der Waals surface area contributed by atoms with Gasteiger partial charge in [0.1, 0.15) is 5.82 Å². The molecule has 198 valence electrons. The number of imidazole rings is 1. The third-order valence-electron chi connectivity index (χ3n) is 6.88. The molecule has 3 aromatic carbocycles. The first kappa shape index (κ1) is 26.9. The fraction of sp³-hybridized carbons (Fsp3) is 0.323. The van der Waals surface area contributed by atoms with Crippen LogP contribution in [0, 0.1) is 6.92 Å². The Morgan fingerprint density at radius 2 is 1.74 bits per heavy atom. The average molecular weight is 513 g/mol. The third kappa shape index (κ3) is 5.57. The highest BCUT2D eigenvalue weighted by molar-refractivity contribution is 5.97. The van der Waals surface area contributed by atoms with Gasteiger partial charge in [-0.15, -0.1) is 0 Å². The Hall–Kier alpha value is -4.13. The van der Waals surface area contributed by atoms with Gasteiger partial charge in [0.2, 0.25) is 0 Å². The lowest BCUT2D eigenvalue weighted by atomic mass is 9.95. The lowest BCUT2D eigenvalue weighted by molar-refractivity contribution is 0.0697. The van der Waals surface area contributed by atoms with E-state index in [1.165, 1.54) is 0 Å². The summed E-state index contributed by atoms with van der Waals surface area (Å²) in [7, 11) is 1.78. The van der Waals surface area contributed by atoms with Crippen molar-refractivity contribution in [2.24, 2.45) is 0 Å². The van der Waals surface area contributed by atoms with Gasteiger partial charge in [-0.3, -0.25) is 9.47 Å². The van der Waals surface area contributed by atoms with E-state index < -0.39 is 5.97 Å². The number of carbonyl (C=O) groups excluding carboxylic acids is 1. The second-order valence-electron chi connectivity index (χ2n) is 9.63. The monoisotopic (exact) mass is 512 g/mol. The molecule has 4 rings (SSSR count). The number of urea groups is 1. The Bertz CT molecular complexity index is 1460. The van der Waals surface area contributed by atoms with Gasteiger partial charge in [-0.05, 0) is 72.9 Å². The number of nitrogens with zero attached hydrogens (tertiary/aromatic N) is 3. The summed E-state index contributed by atoms with van der Waals surface area (Å²) in [6, 6.07) is 18.9. The fourth-order valence-electron chi connectivity index (χ4n) is 4.71. The minimum atomic E-state index is -0.943. The quantitative estimate of drug-likeness (QED) is 0.224. The second-order valence-corrected chi connectivity index (χ2v) is 9.63. The molecule has 4 aromatic rings. The van der Waals surface area contributed by atoms with E-state index in [1.807, 2.05) is 49.4 Å². The van der Waals surface area contributed by atoms with Crippen molar-refractivity contribution in [2.45, 2.75) is 52.9 Å². The highest BCUT2D eigenvalue weighted by Gasteiger charge is 2.18. The Kier molecular flexibility index (Phi) is 8.46. The topological polar surface area (TPSA) is 87.5 Å². The number of anilines is 1. The molecule has 0 saturated carbocycles. The normalized spacial score (nSPS) is 11.1. The molecule has 0 saturated heterocycles. The van der Waals surface area contributed by atoms with Crippen LogP contribution in [-0.2, 0) is 6.42 Å². The molecule has 7 heteroatoms. The molecule has 7 nitrogen and oxygen atoms in total. The molecule has 0 fully saturated rings. The van der Waals surface area contributed by atoms with Crippen molar-refractivity contribution in [3.63, 3.8) is 0 Å². The van der Waals surface area contributed by atoms with Crippen LogP contribution in [0.3, 0.4) is 0 Å². The van der Waals surface area contributed by atoms with E-state index in [0.29, 0.717) is 12.1 Å². The lowest BCUT2D eigenvalue weighted by Gasteiger charge is -2.19. The first-order chi connectivity index (χ1) is 18.3. The first-order valence-corrected chi connectivity index (χ1v) is 13.3. The van der Waals surface area contributed by atoms with Gasteiger partial charge in [-0.1, -0.05) is 51.0 Å². The minimum absolute atomic E-state index is 0.132. The Morgan fingerprint density at radius 1 is 0.974 bits per heavy atom. The summed E-state index contributed by atoms with van der Waals surface area (Å²) in [5, 5.41) is 12.7. The summed E-state index contributed by atoms with van der Waals surface area (Å²) in [5.74, 6) is 0.0223. The van der Waals surface area contributed by atoms with Crippen LogP contribution in [0.1, 0.15) is 61.3 Å². The van der Waals surface area contributed by atoms with E-state index >= 15 is 0 Å². The summed E-state index contributed by atoms with van der Waals surface area (Å²) in [4.78, 5) is 31.1. The number of rotatable bonds is 10. The number of aryl methyl sites for hydroxylation is 2. The number of aromatic nitrogens is 2. The molecular formula is C31H36N4O3. The predicted molar refractivity (Wildman–Crippen MR) is 154 cm³/mol. The second kappa shape index (κ2) is 11.9. The van der Waals surface area contributed by atoms with Crippen molar-refractivity contribution in [2.75, 3.05) is 18.5 Å². The highest BCUT2D eigenvalue weighted by atomic mass is 16.4. The number of unbranched alkanes of at least 4 members (excludes halogenated alkanes) is 2. The molecule has 0 bridgehead atoms. The van der Waals surface area contributed by atoms with Gasteiger partial charge in [0.25, 0.3) is 0 Å². The number of nitrogens with one attached hydrogen (secondary N) is 1. The van der Waals surface area contributed by atoms with E-state index in [0.717, 1.165) is 71.5 Å². The molecule has 2 amide bonds. The van der Waals surface area contributed by atoms with Gasteiger partial charge in [0.05, 0.1) is 16.6 Å². The van der Waals surface area contributed by atoms with Crippen LogP contribution < -0.4 is 10.2 Å². The van der Waals surface area contributed by atoms with Crippen molar-refractivity contribution in [1.29, 1.82) is 0 Å². The van der Waals surface area contributed by atoms with E-state index in [4.69, 9.17) is 4.98 Å². The van der Waals surface area contributed by atoms with Crippen LogP contribution in [0.15, 0.2) is 60.7 Å². The summed E-state index contributed by atoms with van der Waals surface area (Å²) >= 11 is 0. The van der Waals surface area contributed by atoms with E-state index in [2.05, 4.69) is 29.8 Å².